The molecule has 1 aromatic rings. The zero-order valence-corrected chi connectivity index (χ0v) is 8.63. The fourth-order valence-electron chi connectivity index (χ4n) is 1.20. The van der Waals surface area contributed by atoms with Crippen LogP contribution >= 0.6 is 0 Å². The highest BCUT2D eigenvalue weighted by atomic mass is 16.5. The largest absolute Gasteiger partial charge is 0.494 e. The normalized spacial score (nSPS) is 9.07. The maximum atomic E-state index is 5.42. The van der Waals surface area contributed by atoms with Crippen molar-refractivity contribution >= 4 is 0 Å². The van der Waals surface area contributed by atoms with Gasteiger partial charge in [0.15, 0.2) is 0 Å². The summed E-state index contributed by atoms with van der Waals surface area (Å²) in [5.74, 6) is 6.73. The summed E-state index contributed by atoms with van der Waals surface area (Å²) in [4.78, 5) is 0. The van der Waals surface area contributed by atoms with Gasteiger partial charge in [-0.3, -0.25) is 0 Å². The Morgan fingerprint density at radius 3 is 2.79 bits per heavy atom. The van der Waals surface area contributed by atoms with Crippen LogP contribution in [-0.2, 0) is 0 Å². The van der Waals surface area contributed by atoms with Crippen molar-refractivity contribution in [2.24, 2.45) is 5.73 Å². The third-order valence-corrected chi connectivity index (χ3v) is 1.81. The predicted molar refractivity (Wildman–Crippen MR) is 58.3 cm³/mol. The molecule has 14 heavy (non-hydrogen) atoms. The number of hydrogen-bond acceptors (Lipinski definition) is 2. The highest BCUT2D eigenvalue weighted by Gasteiger charge is 1.98. The van der Waals surface area contributed by atoms with Gasteiger partial charge in [0.2, 0.25) is 0 Å². The summed E-state index contributed by atoms with van der Waals surface area (Å²) in [7, 11) is 0. The standard InChI is InChI=1S/C12H15NO/c1-3-14-12-7-6-11(5-4-8-13)9-10(12)2/h6-7,9H,3,8,13H2,1-2H3. The fraction of sp³-hybridized carbons (Fsp3) is 0.333. The molecule has 1 aromatic carbocycles. The van der Waals surface area contributed by atoms with E-state index < -0.39 is 0 Å². The Bertz CT molecular complexity index is 360. The molecule has 2 N–H and O–H groups in total. The molecule has 1 rings (SSSR count). The molecule has 0 saturated carbocycles. The average Bonchev–Trinajstić information content (AvgIpc) is 2.19. The van der Waals surface area contributed by atoms with Crippen LogP contribution in [0, 0.1) is 18.8 Å². The Labute approximate surface area is 85.1 Å². The lowest BCUT2D eigenvalue weighted by molar-refractivity contribution is 0.338. The molecule has 0 fully saturated rings. The molecule has 0 atom stereocenters. The molecular weight excluding hydrogens is 174 g/mol. The van der Waals surface area contributed by atoms with E-state index in [0.717, 1.165) is 16.9 Å². The molecule has 0 spiro atoms. The molecule has 0 aliphatic carbocycles. The van der Waals surface area contributed by atoms with Gasteiger partial charge in [-0.05, 0) is 37.6 Å². The van der Waals surface area contributed by atoms with Crippen molar-refractivity contribution in [2.45, 2.75) is 13.8 Å². The van der Waals surface area contributed by atoms with Gasteiger partial charge >= 0.3 is 0 Å². The maximum absolute atomic E-state index is 5.42. The van der Waals surface area contributed by atoms with Crippen molar-refractivity contribution in [3.05, 3.63) is 29.3 Å². The molecule has 74 valence electrons. The summed E-state index contributed by atoms with van der Waals surface area (Å²) in [5.41, 5.74) is 7.38. The van der Waals surface area contributed by atoms with Gasteiger partial charge < -0.3 is 10.5 Å². The molecule has 2 heteroatoms. The van der Waals surface area contributed by atoms with Crippen LogP contribution in [0.2, 0.25) is 0 Å². The predicted octanol–water partition coefficient (Wildman–Crippen LogP) is 1.70. The minimum absolute atomic E-state index is 0.395. The minimum Gasteiger partial charge on any atom is -0.494 e. The summed E-state index contributed by atoms with van der Waals surface area (Å²) in [5, 5.41) is 0. The summed E-state index contributed by atoms with van der Waals surface area (Å²) < 4.78 is 5.42. The van der Waals surface area contributed by atoms with Crippen molar-refractivity contribution in [2.75, 3.05) is 13.2 Å². The molecule has 0 aliphatic rings. The Kier molecular flexibility index (Phi) is 4.03. The van der Waals surface area contributed by atoms with Crippen LogP contribution in [0.4, 0.5) is 0 Å². The molecule has 0 amide bonds. The van der Waals surface area contributed by atoms with Crippen LogP contribution in [0.15, 0.2) is 18.2 Å². The molecular formula is C12H15NO. The lowest BCUT2D eigenvalue weighted by Crippen LogP contribution is -1.95. The Morgan fingerprint density at radius 1 is 1.43 bits per heavy atom. The van der Waals surface area contributed by atoms with Crippen LogP contribution in [0.1, 0.15) is 18.1 Å². The van der Waals surface area contributed by atoms with Crippen LogP contribution < -0.4 is 10.5 Å². The monoisotopic (exact) mass is 189 g/mol. The van der Waals surface area contributed by atoms with Gasteiger partial charge in [-0.2, -0.15) is 0 Å². The highest BCUT2D eigenvalue weighted by molar-refractivity contribution is 5.43. The van der Waals surface area contributed by atoms with E-state index in [1.165, 1.54) is 0 Å². The first-order chi connectivity index (χ1) is 6.77. The van der Waals surface area contributed by atoms with E-state index in [0.29, 0.717) is 13.2 Å². The Balaban J connectivity index is 2.88. The third-order valence-electron chi connectivity index (χ3n) is 1.81. The minimum atomic E-state index is 0.395. The Hall–Kier alpha value is -1.46. The van der Waals surface area contributed by atoms with Crippen molar-refractivity contribution in [1.29, 1.82) is 0 Å². The van der Waals surface area contributed by atoms with E-state index in [9.17, 15) is 0 Å². The van der Waals surface area contributed by atoms with Crippen molar-refractivity contribution in [3.8, 4) is 17.6 Å². The summed E-state index contributed by atoms with van der Waals surface area (Å²) in [6.07, 6.45) is 0. The molecule has 0 radical (unpaired) electrons. The van der Waals surface area contributed by atoms with E-state index in [4.69, 9.17) is 10.5 Å². The Morgan fingerprint density at radius 2 is 2.21 bits per heavy atom. The average molecular weight is 189 g/mol. The topological polar surface area (TPSA) is 35.2 Å². The first kappa shape index (κ1) is 10.6. The van der Waals surface area contributed by atoms with Crippen molar-refractivity contribution in [3.63, 3.8) is 0 Å². The lowest BCUT2D eigenvalue weighted by atomic mass is 10.1. The second kappa shape index (κ2) is 5.31. The molecule has 0 unspecified atom stereocenters. The number of benzene rings is 1. The zero-order valence-electron chi connectivity index (χ0n) is 8.63. The molecule has 0 aliphatic heterocycles. The molecule has 0 bridgehead atoms. The number of aryl methyl sites for hydroxylation is 1. The third kappa shape index (κ3) is 2.79. The number of hydrogen-bond donors (Lipinski definition) is 1. The van der Waals surface area contributed by atoms with E-state index in [-0.39, 0.29) is 0 Å². The quantitative estimate of drug-likeness (QED) is 0.719. The summed E-state index contributed by atoms with van der Waals surface area (Å²) >= 11 is 0. The highest BCUT2D eigenvalue weighted by Crippen LogP contribution is 2.18. The second-order valence-electron chi connectivity index (χ2n) is 2.92. The van der Waals surface area contributed by atoms with Crippen LogP contribution in [-0.4, -0.2) is 13.2 Å². The number of nitrogens with two attached hydrogens (primary N) is 1. The maximum Gasteiger partial charge on any atom is 0.122 e. The van der Waals surface area contributed by atoms with Gasteiger partial charge in [0, 0.05) is 5.56 Å². The van der Waals surface area contributed by atoms with Gasteiger partial charge in [0.05, 0.1) is 13.2 Å². The van der Waals surface area contributed by atoms with Gasteiger partial charge in [-0.25, -0.2) is 0 Å². The molecule has 0 heterocycles. The summed E-state index contributed by atoms with van der Waals surface area (Å²) in [6, 6.07) is 5.90. The van der Waals surface area contributed by atoms with Gasteiger partial charge in [-0.1, -0.05) is 11.8 Å². The zero-order chi connectivity index (χ0) is 10.4. The van der Waals surface area contributed by atoms with Crippen LogP contribution in [0.5, 0.6) is 5.75 Å². The van der Waals surface area contributed by atoms with Crippen molar-refractivity contribution < 1.29 is 4.74 Å². The van der Waals surface area contributed by atoms with Gasteiger partial charge in [0.1, 0.15) is 5.75 Å². The van der Waals surface area contributed by atoms with Crippen LogP contribution in [0.3, 0.4) is 0 Å². The van der Waals surface area contributed by atoms with E-state index in [1.54, 1.807) is 0 Å². The molecule has 0 saturated heterocycles. The van der Waals surface area contributed by atoms with Crippen LogP contribution in [0.25, 0.3) is 0 Å². The van der Waals surface area contributed by atoms with E-state index >= 15 is 0 Å². The number of ether oxygens (including phenoxy) is 1. The summed E-state index contributed by atoms with van der Waals surface area (Å²) in [6.45, 7) is 5.07. The molecule has 2 nitrogen and oxygen atoms in total. The first-order valence-electron chi connectivity index (χ1n) is 4.70. The van der Waals surface area contributed by atoms with Gasteiger partial charge in [-0.15, -0.1) is 0 Å². The second-order valence-corrected chi connectivity index (χ2v) is 2.92. The fourth-order valence-corrected chi connectivity index (χ4v) is 1.20. The molecule has 0 aromatic heterocycles. The number of rotatable bonds is 2. The lowest BCUT2D eigenvalue weighted by Gasteiger charge is -2.06. The van der Waals surface area contributed by atoms with E-state index in [2.05, 4.69) is 11.8 Å². The smallest absolute Gasteiger partial charge is 0.122 e. The van der Waals surface area contributed by atoms with Gasteiger partial charge in [0.25, 0.3) is 0 Å². The van der Waals surface area contributed by atoms with E-state index in [1.807, 2.05) is 32.0 Å². The first-order valence-corrected chi connectivity index (χ1v) is 4.70. The van der Waals surface area contributed by atoms with Crippen molar-refractivity contribution in [1.82, 2.24) is 0 Å². The SMILES string of the molecule is CCOc1ccc(C#CCN)cc1C.